The lowest BCUT2D eigenvalue weighted by Gasteiger charge is -2.04. The molecule has 3 rings (SSSR count). The molecule has 94 valence electrons. The number of non-ortho nitro benzene ring substituents is 1. The number of rotatable bonds is 1. The van der Waals surface area contributed by atoms with Crippen molar-refractivity contribution in [3.63, 3.8) is 0 Å². The van der Waals surface area contributed by atoms with Gasteiger partial charge in [0, 0.05) is 17.5 Å². The number of aromatic hydroxyl groups is 1. The van der Waals surface area contributed by atoms with Gasteiger partial charge in [0.1, 0.15) is 5.75 Å². The van der Waals surface area contributed by atoms with Crippen LogP contribution in [-0.2, 0) is 0 Å². The van der Waals surface area contributed by atoms with Crippen molar-refractivity contribution in [2.24, 2.45) is 0 Å². The van der Waals surface area contributed by atoms with E-state index in [-0.39, 0.29) is 17.0 Å². The van der Waals surface area contributed by atoms with E-state index in [0.717, 1.165) is 0 Å². The van der Waals surface area contributed by atoms with Crippen molar-refractivity contribution >= 4 is 27.4 Å². The quantitative estimate of drug-likeness (QED) is 0.396. The number of H-pyrrole nitrogens is 1. The summed E-state index contributed by atoms with van der Waals surface area (Å²) in [6.07, 6.45) is 0. The Morgan fingerprint density at radius 3 is 2.53 bits per heavy atom. The van der Waals surface area contributed by atoms with Crippen LogP contribution in [0.3, 0.4) is 0 Å². The van der Waals surface area contributed by atoms with Gasteiger partial charge in [-0.2, -0.15) is 0 Å². The highest BCUT2D eigenvalue weighted by Gasteiger charge is 2.10. The number of nitro benzene ring substituents is 1. The van der Waals surface area contributed by atoms with Crippen LogP contribution in [0.15, 0.2) is 41.2 Å². The molecule has 3 aromatic rings. The van der Waals surface area contributed by atoms with Crippen LogP contribution in [0, 0.1) is 10.1 Å². The molecule has 19 heavy (non-hydrogen) atoms. The number of nitro groups is 1. The molecular formula is C13H8N2O4. The number of hydrogen-bond acceptors (Lipinski definition) is 4. The van der Waals surface area contributed by atoms with E-state index in [1.165, 1.54) is 24.3 Å². The highest BCUT2D eigenvalue weighted by atomic mass is 16.6. The predicted octanol–water partition coefficient (Wildman–Crippen LogP) is 2.30. The minimum absolute atomic E-state index is 0.000684. The molecule has 2 aromatic carbocycles. The Bertz CT molecular complexity index is 883. The SMILES string of the molecule is O=c1[nH]c2cc([N+](=O)[O-])ccc2c2ccc(O)cc12. The Hall–Kier alpha value is -2.89. The molecule has 0 aliphatic carbocycles. The van der Waals surface area contributed by atoms with Crippen molar-refractivity contribution < 1.29 is 10.0 Å². The molecule has 6 heteroatoms. The Balaban J connectivity index is 2.48. The lowest BCUT2D eigenvalue weighted by atomic mass is 10.1. The number of benzene rings is 2. The van der Waals surface area contributed by atoms with Crippen LogP contribution < -0.4 is 5.56 Å². The van der Waals surface area contributed by atoms with Gasteiger partial charge in [-0.15, -0.1) is 0 Å². The minimum Gasteiger partial charge on any atom is -0.508 e. The molecule has 0 saturated carbocycles. The van der Waals surface area contributed by atoms with Crippen LogP contribution in [-0.4, -0.2) is 15.0 Å². The maximum Gasteiger partial charge on any atom is 0.271 e. The van der Waals surface area contributed by atoms with Gasteiger partial charge in [0.15, 0.2) is 0 Å². The van der Waals surface area contributed by atoms with Crippen LogP contribution in [0.4, 0.5) is 5.69 Å². The van der Waals surface area contributed by atoms with E-state index in [0.29, 0.717) is 21.7 Å². The number of phenolic OH excluding ortho intramolecular Hbond substituents is 1. The second-order valence-electron chi connectivity index (χ2n) is 4.17. The number of nitrogens with zero attached hydrogens (tertiary/aromatic N) is 1. The molecule has 0 spiro atoms. The fourth-order valence-corrected chi connectivity index (χ4v) is 2.13. The Morgan fingerprint density at radius 1 is 1.05 bits per heavy atom. The lowest BCUT2D eigenvalue weighted by molar-refractivity contribution is -0.384. The summed E-state index contributed by atoms with van der Waals surface area (Å²) < 4.78 is 0. The van der Waals surface area contributed by atoms with E-state index >= 15 is 0 Å². The second kappa shape index (κ2) is 3.81. The molecule has 1 aromatic heterocycles. The van der Waals surface area contributed by atoms with Crippen LogP contribution in [0.1, 0.15) is 0 Å². The number of fused-ring (bicyclic) bond motifs is 3. The summed E-state index contributed by atoms with van der Waals surface area (Å²) in [6.45, 7) is 0. The van der Waals surface area contributed by atoms with E-state index in [2.05, 4.69) is 4.98 Å². The van der Waals surface area contributed by atoms with Gasteiger partial charge in [0.25, 0.3) is 11.2 Å². The normalized spacial score (nSPS) is 10.9. The summed E-state index contributed by atoms with van der Waals surface area (Å²) in [5.41, 5.74) is -0.0717. The first-order valence-corrected chi connectivity index (χ1v) is 5.49. The topological polar surface area (TPSA) is 96.2 Å². The molecule has 0 amide bonds. The van der Waals surface area contributed by atoms with Gasteiger partial charge in [-0.25, -0.2) is 0 Å². The van der Waals surface area contributed by atoms with Gasteiger partial charge < -0.3 is 10.1 Å². The predicted molar refractivity (Wildman–Crippen MR) is 70.4 cm³/mol. The molecule has 6 nitrogen and oxygen atoms in total. The number of pyridine rings is 1. The van der Waals surface area contributed by atoms with Gasteiger partial charge in [0.05, 0.1) is 15.8 Å². The highest BCUT2D eigenvalue weighted by Crippen LogP contribution is 2.26. The van der Waals surface area contributed by atoms with Gasteiger partial charge in [-0.05, 0) is 29.7 Å². The van der Waals surface area contributed by atoms with Crippen LogP contribution in [0.5, 0.6) is 5.75 Å². The minimum atomic E-state index is -0.515. The van der Waals surface area contributed by atoms with E-state index in [9.17, 15) is 20.0 Å². The summed E-state index contributed by atoms with van der Waals surface area (Å²) in [5, 5.41) is 21.8. The molecular weight excluding hydrogens is 248 g/mol. The number of phenols is 1. The van der Waals surface area contributed by atoms with Crippen molar-refractivity contribution in [3.05, 3.63) is 56.9 Å². The monoisotopic (exact) mass is 256 g/mol. The highest BCUT2D eigenvalue weighted by molar-refractivity contribution is 6.06. The third-order valence-electron chi connectivity index (χ3n) is 3.00. The van der Waals surface area contributed by atoms with Gasteiger partial charge in [0.2, 0.25) is 0 Å². The van der Waals surface area contributed by atoms with Crippen molar-refractivity contribution in [1.82, 2.24) is 4.98 Å². The van der Waals surface area contributed by atoms with Crippen molar-refractivity contribution in [3.8, 4) is 5.75 Å². The first-order chi connectivity index (χ1) is 9.06. The number of aromatic amines is 1. The largest absolute Gasteiger partial charge is 0.508 e. The van der Waals surface area contributed by atoms with E-state index in [1.54, 1.807) is 12.1 Å². The summed E-state index contributed by atoms with van der Waals surface area (Å²) >= 11 is 0. The average molecular weight is 256 g/mol. The van der Waals surface area contributed by atoms with E-state index in [4.69, 9.17) is 0 Å². The Morgan fingerprint density at radius 2 is 1.79 bits per heavy atom. The lowest BCUT2D eigenvalue weighted by Crippen LogP contribution is -2.06. The summed E-state index contributed by atoms with van der Waals surface area (Å²) in [4.78, 5) is 24.7. The molecule has 0 saturated heterocycles. The van der Waals surface area contributed by atoms with Gasteiger partial charge in [-0.1, -0.05) is 0 Å². The molecule has 0 aliphatic heterocycles. The molecule has 0 unspecified atom stereocenters. The second-order valence-corrected chi connectivity index (χ2v) is 4.17. The molecule has 0 aliphatic rings. The molecule has 0 bridgehead atoms. The van der Waals surface area contributed by atoms with Crippen molar-refractivity contribution in [1.29, 1.82) is 0 Å². The molecule has 2 N–H and O–H groups in total. The molecule has 0 radical (unpaired) electrons. The van der Waals surface area contributed by atoms with E-state index in [1.807, 2.05) is 0 Å². The molecule has 0 atom stereocenters. The zero-order valence-electron chi connectivity index (χ0n) is 9.58. The van der Waals surface area contributed by atoms with Crippen LogP contribution >= 0.6 is 0 Å². The number of hydrogen-bond donors (Lipinski definition) is 2. The van der Waals surface area contributed by atoms with Crippen molar-refractivity contribution in [2.75, 3.05) is 0 Å². The van der Waals surface area contributed by atoms with Gasteiger partial charge >= 0.3 is 0 Å². The fourth-order valence-electron chi connectivity index (χ4n) is 2.13. The maximum atomic E-state index is 11.9. The Kier molecular flexibility index (Phi) is 2.25. The summed E-state index contributed by atoms with van der Waals surface area (Å²) in [6, 6.07) is 8.75. The van der Waals surface area contributed by atoms with Crippen molar-refractivity contribution in [2.45, 2.75) is 0 Å². The zero-order valence-corrected chi connectivity index (χ0v) is 9.58. The zero-order chi connectivity index (χ0) is 13.6. The number of aromatic nitrogens is 1. The molecule has 0 fully saturated rings. The fraction of sp³-hybridized carbons (Fsp3) is 0. The third kappa shape index (κ3) is 1.70. The van der Waals surface area contributed by atoms with Crippen LogP contribution in [0.2, 0.25) is 0 Å². The first kappa shape index (κ1) is 11.2. The molecule has 1 heterocycles. The summed E-state index contributed by atoms with van der Waals surface area (Å²) in [7, 11) is 0. The third-order valence-corrected chi connectivity index (χ3v) is 3.00. The standard InChI is InChI=1S/C13H8N2O4/c16-8-2-4-9-10-3-1-7(15(18)19)5-12(10)14-13(17)11(9)6-8/h1-6,16H,(H,14,17). The van der Waals surface area contributed by atoms with Crippen LogP contribution in [0.25, 0.3) is 21.7 Å². The smallest absolute Gasteiger partial charge is 0.271 e. The van der Waals surface area contributed by atoms with E-state index < -0.39 is 4.92 Å². The summed E-state index contributed by atoms with van der Waals surface area (Å²) in [5.74, 6) is -0.000684. The number of nitrogens with one attached hydrogen (secondary N) is 1. The maximum absolute atomic E-state index is 11.9. The Labute approximate surface area is 106 Å². The van der Waals surface area contributed by atoms with Gasteiger partial charge in [-0.3, -0.25) is 14.9 Å². The first-order valence-electron chi connectivity index (χ1n) is 5.49. The average Bonchev–Trinajstić information content (AvgIpc) is 2.38.